The second-order valence-corrected chi connectivity index (χ2v) is 10.4. The molecule has 0 aliphatic carbocycles. The van der Waals surface area contributed by atoms with Crippen LogP contribution in [0.4, 0.5) is 11.4 Å². The van der Waals surface area contributed by atoms with Crippen LogP contribution in [0.25, 0.3) is 10.8 Å². The van der Waals surface area contributed by atoms with Crippen LogP contribution in [0, 0.1) is 0 Å². The van der Waals surface area contributed by atoms with Crippen molar-refractivity contribution in [1.82, 2.24) is 10.6 Å². The largest absolute Gasteiger partial charge is 0.490 e. The molecular weight excluding hydrogens is 482 g/mol. The van der Waals surface area contributed by atoms with Crippen LogP contribution in [0.5, 0.6) is 5.75 Å². The smallest absolute Gasteiger partial charge is 0.127 e. The molecule has 3 N–H and O–H groups in total. The van der Waals surface area contributed by atoms with E-state index < -0.39 is 6.10 Å². The molecule has 0 saturated heterocycles. The van der Waals surface area contributed by atoms with Crippen molar-refractivity contribution in [3.8, 4) is 5.75 Å². The molecular formula is C34H43N3O2. The number of aliphatic hydroxyl groups is 1. The van der Waals surface area contributed by atoms with Crippen molar-refractivity contribution in [3.05, 3.63) is 102 Å². The number of aryl methyl sites for hydroxylation is 2. The molecule has 1 atom stereocenters. The number of rotatable bonds is 10. The van der Waals surface area contributed by atoms with Crippen molar-refractivity contribution < 1.29 is 9.84 Å². The molecule has 0 bridgehead atoms. The maximum atomic E-state index is 9.84. The van der Waals surface area contributed by atoms with Gasteiger partial charge in [0.05, 0.1) is 0 Å². The van der Waals surface area contributed by atoms with E-state index in [2.05, 4.69) is 90.0 Å². The van der Waals surface area contributed by atoms with E-state index in [1.54, 1.807) is 0 Å². The van der Waals surface area contributed by atoms with E-state index in [4.69, 9.17) is 4.74 Å². The van der Waals surface area contributed by atoms with E-state index in [1.807, 2.05) is 37.4 Å². The van der Waals surface area contributed by atoms with E-state index in [-0.39, 0.29) is 0 Å². The molecule has 1 aliphatic heterocycles. The van der Waals surface area contributed by atoms with Gasteiger partial charge in [-0.05, 0) is 67.6 Å². The lowest BCUT2D eigenvalue weighted by Crippen LogP contribution is -2.35. The number of hydrogen-bond donors (Lipinski definition) is 3. The third-order valence-electron chi connectivity index (χ3n) is 6.98. The highest BCUT2D eigenvalue weighted by molar-refractivity contribution is 5.88. The summed E-state index contributed by atoms with van der Waals surface area (Å²) < 4.78 is 5.72. The normalized spacial score (nSPS) is 13.2. The molecule has 0 radical (unpaired) electrons. The first-order valence-electron chi connectivity index (χ1n) is 14.2. The summed E-state index contributed by atoms with van der Waals surface area (Å²) in [4.78, 5) is 2.50. The molecule has 5 rings (SSSR count). The summed E-state index contributed by atoms with van der Waals surface area (Å²) in [6.45, 7) is 7.07. The first kappa shape index (κ1) is 28.6. The summed E-state index contributed by atoms with van der Waals surface area (Å²) in [5, 5.41) is 18.5. The summed E-state index contributed by atoms with van der Waals surface area (Å²) in [5.74, 6) is 0.821. The average Bonchev–Trinajstić information content (AvgIpc) is 3.12. The lowest BCUT2D eigenvalue weighted by molar-refractivity contribution is 0.105. The average molecular weight is 526 g/mol. The highest BCUT2D eigenvalue weighted by Crippen LogP contribution is 2.35. The summed E-state index contributed by atoms with van der Waals surface area (Å²) in [7, 11) is 2.02. The number of anilines is 2. The number of para-hydroxylation sites is 2. The van der Waals surface area contributed by atoms with Crippen molar-refractivity contribution in [1.29, 1.82) is 0 Å². The molecule has 0 amide bonds. The predicted octanol–water partition coefficient (Wildman–Crippen LogP) is 6.11. The first-order valence-corrected chi connectivity index (χ1v) is 14.2. The fourth-order valence-corrected chi connectivity index (χ4v) is 4.96. The maximum absolute atomic E-state index is 9.84. The molecule has 0 fully saturated rings. The van der Waals surface area contributed by atoms with Crippen molar-refractivity contribution in [2.45, 2.75) is 45.3 Å². The van der Waals surface area contributed by atoms with Crippen LogP contribution in [-0.2, 0) is 12.8 Å². The second kappa shape index (κ2) is 14.7. The van der Waals surface area contributed by atoms with Crippen LogP contribution in [0.15, 0.2) is 91.0 Å². The zero-order chi connectivity index (χ0) is 27.5. The van der Waals surface area contributed by atoms with Crippen LogP contribution in [-0.4, -0.2) is 50.5 Å². The van der Waals surface area contributed by atoms with Crippen LogP contribution < -0.4 is 20.3 Å². The standard InChI is InChI=1S/C18H22N2.C16H21NO2/c1-19-13-6-14-20-17-9-4-2-7-15(17)11-12-16-8-3-5-10-18(16)20;1-12(2)17-10-14(18)11-19-16-9-5-7-13-6-3-4-8-15(13)16/h2-5,7-10,19H,6,11-14H2,1H3;3-9,12,14,17-18H,10-11H2,1-2H3. The molecule has 0 aromatic heterocycles. The van der Waals surface area contributed by atoms with Gasteiger partial charge in [0.15, 0.2) is 0 Å². The van der Waals surface area contributed by atoms with Gasteiger partial charge in [0.25, 0.3) is 0 Å². The van der Waals surface area contributed by atoms with Crippen molar-refractivity contribution in [2.24, 2.45) is 0 Å². The third kappa shape index (κ3) is 8.06. The highest BCUT2D eigenvalue weighted by Gasteiger charge is 2.19. The van der Waals surface area contributed by atoms with Crippen molar-refractivity contribution in [3.63, 3.8) is 0 Å². The van der Waals surface area contributed by atoms with Gasteiger partial charge in [0, 0.05) is 35.9 Å². The Morgan fingerprint density at radius 1 is 0.821 bits per heavy atom. The number of ether oxygens (including phenoxy) is 1. The van der Waals surface area contributed by atoms with E-state index in [1.165, 1.54) is 22.5 Å². The summed E-state index contributed by atoms with van der Waals surface area (Å²) in [5.41, 5.74) is 5.70. The van der Waals surface area contributed by atoms with E-state index >= 15 is 0 Å². The van der Waals surface area contributed by atoms with Crippen LogP contribution in [0.1, 0.15) is 31.4 Å². The first-order chi connectivity index (χ1) is 19.1. The van der Waals surface area contributed by atoms with Crippen molar-refractivity contribution >= 4 is 22.1 Å². The SMILES string of the molecule is CC(C)NCC(O)COc1cccc2ccccc12.CNCCCN1c2ccccc2CCc2ccccc21. The molecule has 39 heavy (non-hydrogen) atoms. The molecule has 206 valence electrons. The fourth-order valence-electron chi connectivity index (χ4n) is 4.96. The van der Waals surface area contributed by atoms with Gasteiger partial charge in [-0.3, -0.25) is 0 Å². The molecule has 5 heteroatoms. The Hall–Kier alpha value is -3.38. The van der Waals surface area contributed by atoms with Gasteiger partial charge in [0.1, 0.15) is 18.5 Å². The Balaban J connectivity index is 0.000000181. The molecule has 1 aliphatic rings. The van der Waals surface area contributed by atoms with Gasteiger partial charge in [-0.2, -0.15) is 0 Å². The van der Waals surface area contributed by atoms with Gasteiger partial charge in [-0.1, -0.05) is 86.6 Å². The number of nitrogens with zero attached hydrogens (tertiary/aromatic N) is 1. The highest BCUT2D eigenvalue weighted by atomic mass is 16.5. The van der Waals surface area contributed by atoms with E-state index in [9.17, 15) is 5.11 Å². The Kier molecular flexibility index (Phi) is 10.8. The Morgan fingerprint density at radius 3 is 2.10 bits per heavy atom. The van der Waals surface area contributed by atoms with Gasteiger partial charge >= 0.3 is 0 Å². The van der Waals surface area contributed by atoms with Gasteiger partial charge in [-0.25, -0.2) is 0 Å². The molecule has 4 aromatic carbocycles. The van der Waals surface area contributed by atoms with Gasteiger partial charge in [0.2, 0.25) is 0 Å². The van der Waals surface area contributed by atoms with Crippen LogP contribution >= 0.6 is 0 Å². The van der Waals surface area contributed by atoms with Crippen molar-refractivity contribution in [2.75, 3.05) is 38.2 Å². The number of hydrogen-bond acceptors (Lipinski definition) is 5. The summed E-state index contributed by atoms with van der Waals surface area (Å²) >= 11 is 0. The quantitative estimate of drug-likeness (QED) is 0.218. The Morgan fingerprint density at radius 2 is 1.44 bits per heavy atom. The minimum Gasteiger partial charge on any atom is -0.490 e. The number of benzene rings is 4. The topological polar surface area (TPSA) is 56.8 Å². The molecule has 0 saturated carbocycles. The van der Waals surface area contributed by atoms with Gasteiger partial charge in [-0.15, -0.1) is 0 Å². The molecule has 1 heterocycles. The lowest BCUT2D eigenvalue weighted by Gasteiger charge is -2.27. The van der Waals surface area contributed by atoms with E-state index in [0.29, 0.717) is 19.2 Å². The summed E-state index contributed by atoms with van der Waals surface area (Å²) in [6, 6.07) is 32.1. The second-order valence-electron chi connectivity index (χ2n) is 10.4. The Labute approximate surface area is 233 Å². The molecule has 1 unspecified atom stereocenters. The minimum atomic E-state index is -0.499. The minimum absolute atomic E-state index is 0.299. The van der Waals surface area contributed by atoms with Crippen LogP contribution in [0.2, 0.25) is 0 Å². The Bertz CT molecular complexity index is 1250. The predicted molar refractivity (Wildman–Crippen MR) is 164 cm³/mol. The lowest BCUT2D eigenvalue weighted by atomic mass is 10.0. The molecule has 5 nitrogen and oxygen atoms in total. The zero-order valence-corrected chi connectivity index (χ0v) is 23.6. The number of aliphatic hydroxyl groups excluding tert-OH is 1. The molecule has 4 aromatic rings. The van der Waals surface area contributed by atoms with Crippen LogP contribution in [0.3, 0.4) is 0 Å². The van der Waals surface area contributed by atoms with Gasteiger partial charge < -0.3 is 25.4 Å². The zero-order valence-electron chi connectivity index (χ0n) is 23.6. The number of nitrogens with one attached hydrogen (secondary N) is 2. The third-order valence-corrected chi connectivity index (χ3v) is 6.98. The molecule has 0 spiro atoms. The fraction of sp³-hybridized carbons (Fsp3) is 0.353. The van der Waals surface area contributed by atoms with E-state index in [0.717, 1.165) is 48.9 Å². The number of fused-ring (bicyclic) bond motifs is 3. The summed E-state index contributed by atoms with van der Waals surface area (Å²) in [6.07, 6.45) is 2.92. The monoisotopic (exact) mass is 525 g/mol. The maximum Gasteiger partial charge on any atom is 0.127 e.